The van der Waals surface area contributed by atoms with Gasteiger partial charge in [-0.1, -0.05) is 13.0 Å². The zero-order valence-corrected chi connectivity index (χ0v) is 13.1. The van der Waals surface area contributed by atoms with Crippen LogP contribution in [0.25, 0.3) is 0 Å². The summed E-state index contributed by atoms with van der Waals surface area (Å²) in [4.78, 5) is 23.5. The lowest BCUT2D eigenvalue weighted by molar-refractivity contribution is -0.119. The number of carbonyl (C=O) groups excluding carboxylic acids is 2. The molecule has 2 unspecified atom stereocenters. The summed E-state index contributed by atoms with van der Waals surface area (Å²) in [6.45, 7) is 7.52. The maximum absolute atomic E-state index is 11.8. The van der Waals surface area contributed by atoms with Gasteiger partial charge in [0.15, 0.2) is 0 Å². The van der Waals surface area contributed by atoms with Crippen molar-refractivity contribution in [3.05, 3.63) is 42.5 Å². The van der Waals surface area contributed by atoms with Crippen molar-refractivity contribution in [2.75, 3.05) is 11.9 Å². The summed E-state index contributed by atoms with van der Waals surface area (Å²) >= 11 is 0. The monoisotopic (exact) mass is 311 g/mol. The minimum Gasteiger partial charge on any atom is -0.349 e. The van der Waals surface area contributed by atoms with E-state index >= 15 is 0 Å². The summed E-state index contributed by atoms with van der Waals surface area (Å²) in [6, 6.07) is 6.48. The number of nitrogens with two attached hydrogens (primary N) is 1. The fourth-order valence-corrected chi connectivity index (χ4v) is 1.47. The van der Waals surface area contributed by atoms with Gasteiger partial charge in [0.25, 0.3) is 5.91 Å². The van der Waals surface area contributed by atoms with E-state index in [-0.39, 0.29) is 36.2 Å². The highest BCUT2D eigenvalue weighted by atomic mass is 35.5. The molecule has 6 heteroatoms. The molecule has 0 aromatic heterocycles. The first kappa shape index (κ1) is 19.1. The number of hydrogen-bond acceptors (Lipinski definition) is 3. The second-order valence-electron chi connectivity index (χ2n) is 4.71. The van der Waals surface area contributed by atoms with Gasteiger partial charge in [0.2, 0.25) is 5.91 Å². The maximum Gasteiger partial charge on any atom is 0.251 e. The number of halogens is 1. The Labute approximate surface area is 131 Å². The van der Waals surface area contributed by atoms with E-state index in [0.29, 0.717) is 17.8 Å². The van der Waals surface area contributed by atoms with E-state index in [0.717, 1.165) is 0 Å². The molecule has 0 saturated carbocycles. The molecule has 5 nitrogen and oxygen atoms in total. The number of carbonyl (C=O) groups is 2. The van der Waals surface area contributed by atoms with Gasteiger partial charge in [0.05, 0.1) is 5.92 Å². The summed E-state index contributed by atoms with van der Waals surface area (Å²) in [5.74, 6) is -0.582. The van der Waals surface area contributed by atoms with E-state index < -0.39 is 0 Å². The third-order valence-electron chi connectivity index (χ3n) is 3.02. The van der Waals surface area contributed by atoms with E-state index in [9.17, 15) is 9.59 Å². The van der Waals surface area contributed by atoms with Crippen molar-refractivity contribution < 1.29 is 9.59 Å². The van der Waals surface area contributed by atoms with Gasteiger partial charge in [-0.2, -0.15) is 0 Å². The van der Waals surface area contributed by atoms with Gasteiger partial charge in [-0.3, -0.25) is 9.59 Å². The Bertz CT molecular complexity index is 486. The second kappa shape index (κ2) is 9.15. The van der Waals surface area contributed by atoms with Crippen molar-refractivity contribution in [3.63, 3.8) is 0 Å². The molecular weight excluding hydrogens is 290 g/mol. The molecule has 2 amide bonds. The topological polar surface area (TPSA) is 84.2 Å². The largest absolute Gasteiger partial charge is 0.349 e. The van der Waals surface area contributed by atoms with Crippen LogP contribution in [0.15, 0.2) is 36.9 Å². The molecule has 4 N–H and O–H groups in total. The molecule has 0 fully saturated rings. The molecule has 0 spiro atoms. The normalized spacial score (nSPS) is 12.5. The third-order valence-corrected chi connectivity index (χ3v) is 3.02. The van der Waals surface area contributed by atoms with Crippen LogP contribution in [0.2, 0.25) is 0 Å². The Balaban J connectivity index is 0.00000400. The van der Waals surface area contributed by atoms with Crippen LogP contribution in [0.1, 0.15) is 24.2 Å². The van der Waals surface area contributed by atoms with Gasteiger partial charge in [-0.25, -0.2) is 0 Å². The fourth-order valence-electron chi connectivity index (χ4n) is 1.47. The van der Waals surface area contributed by atoms with Crippen molar-refractivity contribution in [2.24, 2.45) is 11.7 Å². The van der Waals surface area contributed by atoms with Crippen LogP contribution in [0.5, 0.6) is 0 Å². The number of nitrogens with one attached hydrogen (secondary N) is 2. The van der Waals surface area contributed by atoms with Crippen LogP contribution in [-0.4, -0.2) is 24.4 Å². The van der Waals surface area contributed by atoms with Crippen molar-refractivity contribution in [3.8, 4) is 0 Å². The lowest BCUT2D eigenvalue weighted by Gasteiger charge is -2.15. The van der Waals surface area contributed by atoms with Crippen molar-refractivity contribution >= 4 is 29.9 Å². The Morgan fingerprint density at radius 2 is 1.86 bits per heavy atom. The molecule has 0 aliphatic carbocycles. The molecule has 0 aliphatic heterocycles. The number of rotatable bonds is 6. The van der Waals surface area contributed by atoms with Crippen LogP contribution in [0.4, 0.5) is 5.69 Å². The van der Waals surface area contributed by atoms with Crippen LogP contribution >= 0.6 is 12.4 Å². The highest BCUT2D eigenvalue weighted by Crippen LogP contribution is 2.12. The average molecular weight is 312 g/mol. The summed E-state index contributed by atoms with van der Waals surface area (Å²) in [5, 5.41) is 5.45. The van der Waals surface area contributed by atoms with Gasteiger partial charge >= 0.3 is 0 Å². The molecule has 1 aromatic carbocycles. The molecule has 116 valence electrons. The van der Waals surface area contributed by atoms with Gasteiger partial charge in [-0.15, -0.1) is 19.0 Å². The predicted octanol–water partition coefficient (Wildman–Crippen LogP) is 1.95. The average Bonchev–Trinajstić information content (AvgIpc) is 2.44. The SMILES string of the molecule is C=CCNC(=O)c1ccc(NC(=O)C(C)C(C)N)cc1.Cl. The lowest BCUT2D eigenvalue weighted by atomic mass is 10.0. The quantitative estimate of drug-likeness (QED) is 0.702. The molecule has 0 bridgehead atoms. The van der Waals surface area contributed by atoms with Gasteiger partial charge in [-0.05, 0) is 31.2 Å². The summed E-state index contributed by atoms with van der Waals surface area (Å²) < 4.78 is 0. The predicted molar refractivity (Wildman–Crippen MR) is 87.7 cm³/mol. The molecule has 21 heavy (non-hydrogen) atoms. The molecule has 0 saturated heterocycles. The second-order valence-corrected chi connectivity index (χ2v) is 4.71. The van der Waals surface area contributed by atoms with E-state index in [1.807, 2.05) is 0 Å². The summed E-state index contributed by atoms with van der Waals surface area (Å²) in [5.41, 5.74) is 6.85. The highest BCUT2D eigenvalue weighted by Gasteiger charge is 2.17. The van der Waals surface area contributed by atoms with E-state index in [1.165, 1.54) is 0 Å². The molecule has 1 rings (SSSR count). The minimum absolute atomic E-state index is 0. The maximum atomic E-state index is 11.8. The van der Waals surface area contributed by atoms with Crippen molar-refractivity contribution in [1.82, 2.24) is 5.32 Å². The van der Waals surface area contributed by atoms with E-state index in [4.69, 9.17) is 5.73 Å². The zero-order valence-electron chi connectivity index (χ0n) is 12.3. The van der Waals surface area contributed by atoms with E-state index in [2.05, 4.69) is 17.2 Å². The van der Waals surface area contributed by atoms with Crippen molar-refractivity contribution in [1.29, 1.82) is 0 Å². The molecule has 2 atom stereocenters. The van der Waals surface area contributed by atoms with Crippen LogP contribution < -0.4 is 16.4 Å². The van der Waals surface area contributed by atoms with Crippen LogP contribution in [-0.2, 0) is 4.79 Å². The lowest BCUT2D eigenvalue weighted by Crippen LogP contribution is -2.34. The van der Waals surface area contributed by atoms with Gasteiger partial charge in [0.1, 0.15) is 0 Å². The molecular formula is C15H22ClN3O2. The van der Waals surface area contributed by atoms with Crippen LogP contribution in [0, 0.1) is 5.92 Å². The van der Waals surface area contributed by atoms with Crippen molar-refractivity contribution in [2.45, 2.75) is 19.9 Å². The summed E-state index contributed by atoms with van der Waals surface area (Å²) in [6.07, 6.45) is 1.61. The number of hydrogen-bond donors (Lipinski definition) is 3. The first-order valence-corrected chi connectivity index (χ1v) is 6.51. The third kappa shape index (κ3) is 5.97. The first-order valence-electron chi connectivity index (χ1n) is 6.51. The molecule has 0 radical (unpaired) electrons. The zero-order chi connectivity index (χ0) is 15.1. The number of anilines is 1. The summed E-state index contributed by atoms with van der Waals surface area (Å²) in [7, 11) is 0. The Kier molecular flexibility index (Phi) is 8.35. The molecule has 0 aliphatic rings. The van der Waals surface area contributed by atoms with Gasteiger partial charge in [0, 0.05) is 23.8 Å². The standard InChI is InChI=1S/C15H21N3O2.ClH/c1-4-9-17-15(20)12-5-7-13(8-6-12)18-14(19)10(2)11(3)16;/h4-8,10-11H,1,9,16H2,2-3H3,(H,17,20)(H,18,19);1H. The Morgan fingerprint density at radius 1 is 1.29 bits per heavy atom. The van der Waals surface area contributed by atoms with E-state index in [1.54, 1.807) is 44.2 Å². The minimum atomic E-state index is -0.273. The molecule has 0 heterocycles. The highest BCUT2D eigenvalue weighted by molar-refractivity contribution is 5.96. The number of benzene rings is 1. The molecule has 1 aromatic rings. The first-order chi connectivity index (χ1) is 9.45. The Morgan fingerprint density at radius 3 is 2.33 bits per heavy atom. The van der Waals surface area contributed by atoms with Crippen LogP contribution in [0.3, 0.4) is 0 Å². The smallest absolute Gasteiger partial charge is 0.251 e. The fraction of sp³-hybridized carbons (Fsp3) is 0.333. The Hall–Kier alpha value is -1.85. The number of amides is 2. The van der Waals surface area contributed by atoms with Gasteiger partial charge < -0.3 is 16.4 Å².